The average Bonchev–Trinajstić information content (AvgIpc) is 2.26. The van der Waals surface area contributed by atoms with E-state index >= 15 is 0 Å². The van der Waals surface area contributed by atoms with E-state index in [-0.39, 0.29) is 0 Å². The molecule has 0 aliphatic rings. The molecule has 0 bridgehead atoms. The van der Waals surface area contributed by atoms with Gasteiger partial charge in [0.05, 0.1) is 0 Å². The monoisotopic (exact) mass is 248 g/mol. The summed E-state index contributed by atoms with van der Waals surface area (Å²) in [4.78, 5) is 0. The molecule has 3 heteroatoms. The molecule has 0 atom stereocenters. The van der Waals surface area contributed by atoms with E-state index < -0.39 is 0 Å². The average molecular weight is 249 g/mol. The number of halogens is 1. The Hall–Kier alpha value is -1.67. The number of hydrogen-bond donors (Lipinski definition) is 2. The number of anilines is 2. The van der Waals surface area contributed by atoms with Crippen molar-refractivity contribution in [2.75, 3.05) is 11.5 Å². The zero-order valence-electron chi connectivity index (χ0n) is 10.1. The molecule has 0 amide bonds. The van der Waals surface area contributed by atoms with Crippen molar-refractivity contribution in [3.8, 4) is 0 Å². The third kappa shape index (κ3) is 4.37. The normalized spacial score (nSPS) is 9.35. The Kier molecular flexibility index (Phi) is 4.85. The van der Waals surface area contributed by atoms with E-state index in [2.05, 4.69) is 13.0 Å². The van der Waals surface area contributed by atoms with Crippen LogP contribution in [0.25, 0.3) is 0 Å². The van der Waals surface area contributed by atoms with Crippen molar-refractivity contribution in [1.82, 2.24) is 0 Å². The van der Waals surface area contributed by atoms with Crippen LogP contribution in [-0.4, -0.2) is 0 Å². The molecule has 0 unspecified atom stereocenters. The number of nitrogen functional groups attached to an aromatic ring is 2. The summed E-state index contributed by atoms with van der Waals surface area (Å²) in [7, 11) is 0. The van der Waals surface area contributed by atoms with Crippen LogP contribution in [0.15, 0.2) is 42.5 Å². The van der Waals surface area contributed by atoms with Crippen molar-refractivity contribution in [1.29, 1.82) is 0 Å². The quantitative estimate of drug-likeness (QED) is 0.697. The highest BCUT2D eigenvalue weighted by Gasteiger charge is 1.92. The summed E-state index contributed by atoms with van der Waals surface area (Å²) in [6.07, 6.45) is 0. The van der Waals surface area contributed by atoms with E-state index in [1.54, 1.807) is 18.2 Å². The molecule has 2 nitrogen and oxygen atoms in total. The van der Waals surface area contributed by atoms with Gasteiger partial charge in [-0.25, -0.2) is 0 Å². The SMILES string of the molecule is Cc1cccc(N)c1C.Nc1cccc(Cl)c1. The van der Waals surface area contributed by atoms with Gasteiger partial charge in [-0.2, -0.15) is 0 Å². The summed E-state index contributed by atoms with van der Waals surface area (Å²) >= 11 is 5.56. The van der Waals surface area contributed by atoms with E-state index in [9.17, 15) is 0 Å². The van der Waals surface area contributed by atoms with Crippen LogP contribution < -0.4 is 11.5 Å². The van der Waals surface area contributed by atoms with Gasteiger partial charge in [-0.3, -0.25) is 0 Å². The summed E-state index contributed by atoms with van der Waals surface area (Å²) in [5.74, 6) is 0. The van der Waals surface area contributed by atoms with Gasteiger partial charge in [0.15, 0.2) is 0 Å². The van der Waals surface area contributed by atoms with Gasteiger partial charge >= 0.3 is 0 Å². The molecule has 0 aromatic heterocycles. The van der Waals surface area contributed by atoms with Crippen molar-refractivity contribution < 1.29 is 0 Å². The number of hydrogen-bond acceptors (Lipinski definition) is 2. The Balaban J connectivity index is 0.000000171. The minimum Gasteiger partial charge on any atom is -0.399 e. The molecule has 0 spiro atoms. The summed E-state index contributed by atoms with van der Waals surface area (Å²) < 4.78 is 0. The third-order valence-corrected chi connectivity index (χ3v) is 2.73. The lowest BCUT2D eigenvalue weighted by Crippen LogP contribution is -1.90. The van der Waals surface area contributed by atoms with E-state index in [1.807, 2.05) is 25.1 Å². The summed E-state index contributed by atoms with van der Waals surface area (Å²) in [6, 6.07) is 13.1. The Labute approximate surface area is 107 Å². The molecule has 2 rings (SSSR count). The van der Waals surface area contributed by atoms with Crippen molar-refractivity contribution in [3.63, 3.8) is 0 Å². The summed E-state index contributed by atoms with van der Waals surface area (Å²) in [6.45, 7) is 4.09. The van der Waals surface area contributed by atoms with Gasteiger partial charge in [0.25, 0.3) is 0 Å². The molecule has 17 heavy (non-hydrogen) atoms. The second kappa shape index (κ2) is 6.16. The molecule has 0 fully saturated rings. The van der Waals surface area contributed by atoms with E-state index in [0.717, 1.165) is 5.69 Å². The maximum absolute atomic E-state index is 5.62. The Morgan fingerprint density at radius 3 is 2.00 bits per heavy atom. The van der Waals surface area contributed by atoms with E-state index in [1.165, 1.54) is 11.1 Å². The number of aryl methyl sites for hydroxylation is 1. The van der Waals surface area contributed by atoms with Crippen molar-refractivity contribution >= 4 is 23.0 Å². The number of rotatable bonds is 0. The Bertz CT molecular complexity index is 458. The standard InChI is InChI=1S/C8H11N.C6H6ClN/c1-6-4-3-5-8(9)7(6)2;7-5-2-1-3-6(8)4-5/h3-5H,9H2,1-2H3;1-4H,8H2. The van der Waals surface area contributed by atoms with Crippen LogP contribution in [0, 0.1) is 13.8 Å². The Morgan fingerprint density at radius 1 is 0.941 bits per heavy atom. The first-order valence-corrected chi connectivity index (χ1v) is 5.71. The highest BCUT2D eigenvalue weighted by molar-refractivity contribution is 6.30. The number of benzene rings is 2. The fourth-order valence-electron chi connectivity index (χ4n) is 1.28. The topological polar surface area (TPSA) is 52.0 Å². The van der Waals surface area contributed by atoms with Crippen molar-refractivity contribution in [2.24, 2.45) is 0 Å². The summed E-state index contributed by atoms with van der Waals surface area (Å²) in [5, 5.41) is 0.685. The third-order valence-electron chi connectivity index (χ3n) is 2.50. The molecule has 2 aromatic rings. The smallest absolute Gasteiger partial charge is 0.0426 e. The minimum atomic E-state index is 0.685. The lowest BCUT2D eigenvalue weighted by Gasteiger charge is -2.00. The van der Waals surface area contributed by atoms with Gasteiger partial charge in [0, 0.05) is 16.4 Å². The first-order chi connectivity index (χ1) is 8.00. The molecule has 0 aliphatic heterocycles. The van der Waals surface area contributed by atoms with E-state index in [0.29, 0.717) is 10.7 Å². The molecule has 0 radical (unpaired) electrons. The molecule has 4 N–H and O–H groups in total. The summed E-state index contributed by atoms with van der Waals surface area (Å²) in [5.41, 5.74) is 15.0. The van der Waals surface area contributed by atoms with E-state index in [4.69, 9.17) is 23.1 Å². The van der Waals surface area contributed by atoms with Crippen LogP contribution in [0.3, 0.4) is 0 Å². The van der Waals surface area contributed by atoms with Crippen LogP contribution in [0.5, 0.6) is 0 Å². The fraction of sp³-hybridized carbons (Fsp3) is 0.143. The molecule has 0 saturated carbocycles. The van der Waals surface area contributed by atoms with Gasteiger partial charge in [-0.05, 0) is 49.2 Å². The minimum absolute atomic E-state index is 0.685. The van der Waals surface area contributed by atoms with Crippen LogP contribution >= 0.6 is 11.6 Å². The second-order valence-electron chi connectivity index (χ2n) is 3.84. The Morgan fingerprint density at radius 2 is 1.59 bits per heavy atom. The second-order valence-corrected chi connectivity index (χ2v) is 4.28. The largest absolute Gasteiger partial charge is 0.399 e. The maximum Gasteiger partial charge on any atom is 0.0426 e. The lowest BCUT2D eigenvalue weighted by molar-refractivity contribution is 1.35. The first-order valence-electron chi connectivity index (χ1n) is 5.33. The molecule has 0 heterocycles. The fourth-order valence-corrected chi connectivity index (χ4v) is 1.48. The van der Waals surface area contributed by atoms with Gasteiger partial charge in [-0.15, -0.1) is 0 Å². The molecule has 2 aromatic carbocycles. The van der Waals surface area contributed by atoms with Crippen LogP contribution in [-0.2, 0) is 0 Å². The van der Waals surface area contributed by atoms with Gasteiger partial charge in [0.1, 0.15) is 0 Å². The van der Waals surface area contributed by atoms with Crippen molar-refractivity contribution in [3.05, 3.63) is 58.6 Å². The van der Waals surface area contributed by atoms with Crippen LogP contribution in [0.2, 0.25) is 5.02 Å². The maximum atomic E-state index is 5.62. The van der Waals surface area contributed by atoms with Crippen LogP contribution in [0.1, 0.15) is 11.1 Å². The zero-order chi connectivity index (χ0) is 12.8. The molecule has 0 saturated heterocycles. The first kappa shape index (κ1) is 13.4. The van der Waals surface area contributed by atoms with Gasteiger partial charge in [0.2, 0.25) is 0 Å². The van der Waals surface area contributed by atoms with Gasteiger partial charge < -0.3 is 11.5 Å². The molecular weight excluding hydrogens is 232 g/mol. The molecular formula is C14H17ClN2. The van der Waals surface area contributed by atoms with Gasteiger partial charge in [-0.1, -0.05) is 29.8 Å². The zero-order valence-corrected chi connectivity index (χ0v) is 10.8. The highest BCUT2D eigenvalue weighted by Crippen LogP contribution is 2.13. The predicted molar refractivity (Wildman–Crippen MR) is 76.2 cm³/mol. The van der Waals surface area contributed by atoms with Crippen molar-refractivity contribution in [2.45, 2.75) is 13.8 Å². The number of nitrogens with two attached hydrogens (primary N) is 2. The lowest BCUT2D eigenvalue weighted by atomic mass is 10.1. The predicted octanol–water partition coefficient (Wildman–Crippen LogP) is 3.81. The van der Waals surface area contributed by atoms with Crippen LogP contribution in [0.4, 0.5) is 11.4 Å². The highest BCUT2D eigenvalue weighted by atomic mass is 35.5. The molecule has 0 aliphatic carbocycles. The molecule has 90 valence electrons.